The number of H-pyrrole nitrogens is 1. The molecule has 0 radical (unpaired) electrons. The summed E-state index contributed by atoms with van der Waals surface area (Å²) >= 11 is 0. The van der Waals surface area contributed by atoms with Gasteiger partial charge in [0.25, 0.3) is 15.6 Å². The van der Waals surface area contributed by atoms with E-state index in [1.54, 1.807) is 13.8 Å². The second kappa shape index (κ2) is 10.4. The van der Waals surface area contributed by atoms with E-state index < -0.39 is 38.7 Å². The number of fused-ring (bicyclic) bond motifs is 1. The zero-order valence-corrected chi connectivity index (χ0v) is 21.7. The van der Waals surface area contributed by atoms with E-state index in [4.69, 9.17) is 10.00 Å². The third kappa shape index (κ3) is 5.41. The van der Waals surface area contributed by atoms with Crippen LogP contribution in [-0.2, 0) is 22.6 Å². The monoisotopic (exact) mass is 561 g/mol. The molecule has 39 heavy (non-hydrogen) atoms. The summed E-state index contributed by atoms with van der Waals surface area (Å²) in [5, 5.41) is 13.4. The molecule has 15 heteroatoms. The van der Waals surface area contributed by atoms with Crippen LogP contribution in [0.4, 0.5) is 18.9 Å². The normalized spacial score (nSPS) is 11.9. The van der Waals surface area contributed by atoms with Crippen LogP contribution in [0.15, 0.2) is 40.2 Å². The highest BCUT2D eigenvalue weighted by molar-refractivity contribution is 7.92. The van der Waals surface area contributed by atoms with Crippen molar-refractivity contribution in [2.75, 3.05) is 11.3 Å². The van der Waals surface area contributed by atoms with Crippen molar-refractivity contribution in [3.63, 3.8) is 0 Å². The molecule has 3 aromatic heterocycles. The minimum absolute atomic E-state index is 0.00199. The number of aromatic amines is 1. The number of nitrogens with zero attached hydrogens (tertiary/aromatic N) is 5. The fourth-order valence-electron chi connectivity index (χ4n) is 3.93. The number of ether oxygens (including phenoxy) is 1. The number of sulfonamides is 1. The summed E-state index contributed by atoms with van der Waals surface area (Å²) in [4.78, 5) is 23.0. The smallest absolute Gasteiger partial charge is 0.419 e. The van der Waals surface area contributed by atoms with Gasteiger partial charge in [-0.3, -0.25) is 9.52 Å². The predicted octanol–water partition coefficient (Wildman–Crippen LogP) is 3.83. The van der Waals surface area contributed by atoms with Crippen LogP contribution in [0.2, 0.25) is 0 Å². The molecule has 0 saturated carbocycles. The molecular formula is C24H22F3N7O4S. The molecule has 0 fully saturated rings. The Kier molecular flexibility index (Phi) is 7.33. The number of benzene rings is 1. The quantitative estimate of drug-likeness (QED) is 0.329. The number of nitriles is 1. The third-order valence-electron chi connectivity index (χ3n) is 5.58. The summed E-state index contributed by atoms with van der Waals surface area (Å²) in [7, 11) is -4.46. The van der Waals surface area contributed by atoms with Crippen LogP contribution in [0.3, 0.4) is 0 Å². The number of hydrogen-bond acceptors (Lipinski definition) is 8. The molecule has 2 N–H and O–H groups in total. The molecule has 4 rings (SSSR count). The van der Waals surface area contributed by atoms with Gasteiger partial charge in [-0.2, -0.15) is 18.4 Å². The molecule has 204 valence electrons. The molecular weight excluding hydrogens is 539 g/mol. The Morgan fingerprint density at radius 2 is 1.97 bits per heavy atom. The molecule has 0 unspecified atom stereocenters. The van der Waals surface area contributed by atoms with Gasteiger partial charge in [-0.25, -0.2) is 22.9 Å². The largest absolute Gasteiger partial charge is 0.493 e. The number of alkyl halides is 3. The number of hydrogen-bond donors (Lipinski definition) is 2. The first kappa shape index (κ1) is 27.6. The Morgan fingerprint density at radius 1 is 1.23 bits per heavy atom. The van der Waals surface area contributed by atoms with Crippen LogP contribution in [0, 0.1) is 18.3 Å². The number of rotatable bonds is 8. The summed E-state index contributed by atoms with van der Waals surface area (Å²) < 4.78 is 75.4. The lowest BCUT2D eigenvalue weighted by Crippen LogP contribution is -2.17. The number of aromatic nitrogens is 5. The van der Waals surface area contributed by atoms with Crippen molar-refractivity contribution in [3.05, 3.63) is 63.6 Å². The lowest BCUT2D eigenvalue weighted by molar-refractivity contribution is -0.138. The van der Waals surface area contributed by atoms with Gasteiger partial charge in [-0.1, -0.05) is 6.92 Å². The molecule has 0 bridgehead atoms. The highest BCUT2D eigenvalue weighted by Crippen LogP contribution is 2.34. The van der Waals surface area contributed by atoms with Crippen molar-refractivity contribution in [2.45, 2.75) is 44.7 Å². The second-order valence-corrected chi connectivity index (χ2v) is 10.0. The molecule has 0 aliphatic rings. The maximum Gasteiger partial charge on any atom is 0.419 e. The van der Waals surface area contributed by atoms with Gasteiger partial charge < -0.3 is 9.72 Å². The topological polar surface area (TPSA) is 155 Å². The second-order valence-electron chi connectivity index (χ2n) is 8.35. The lowest BCUT2D eigenvalue weighted by Gasteiger charge is -2.14. The molecule has 0 aliphatic carbocycles. The van der Waals surface area contributed by atoms with Crippen molar-refractivity contribution in [1.82, 2.24) is 24.6 Å². The van der Waals surface area contributed by atoms with Crippen molar-refractivity contribution >= 4 is 21.2 Å². The molecule has 3 heterocycles. The van der Waals surface area contributed by atoms with E-state index in [1.807, 2.05) is 6.92 Å². The molecule has 0 saturated heterocycles. The van der Waals surface area contributed by atoms with E-state index in [2.05, 4.69) is 24.8 Å². The van der Waals surface area contributed by atoms with E-state index in [-0.39, 0.29) is 34.2 Å². The first-order valence-electron chi connectivity index (χ1n) is 11.7. The maximum absolute atomic E-state index is 13.3. The zero-order valence-electron chi connectivity index (χ0n) is 20.9. The minimum atomic E-state index is -4.93. The highest BCUT2D eigenvalue weighted by atomic mass is 32.2. The van der Waals surface area contributed by atoms with E-state index >= 15 is 0 Å². The predicted molar refractivity (Wildman–Crippen MR) is 134 cm³/mol. The number of anilines is 1. The van der Waals surface area contributed by atoms with Gasteiger partial charge in [0.05, 0.1) is 40.2 Å². The van der Waals surface area contributed by atoms with Crippen molar-refractivity contribution < 1.29 is 26.3 Å². The van der Waals surface area contributed by atoms with Gasteiger partial charge in [0, 0.05) is 6.42 Å². The van der Waals surface area contributed by atoms with E-state index in [0.29, 0.717) is 24.0 Å². The average molecular weight is 562 g/mol. The Bertz CT molecular complexity index is 1770. The van der Waals surface area contributed by atoms with E-state index in [0.717, 1.165) is 12.6 Å². The average Bonchev–Trinajstić information content (AvgIpc) is 3.19. The summed E-state index contributed by atoms with van der Waals surface area (Å²) in [6.45, 7) is 5.55. The number of imidazole rings is 1. The zero-order chi connectivity index (χ0) is 28.5. The molecule has 0 atom stereocenters. The molecule has 0 amide bonds. The Labute approximate surface area is 220 Å². The summed E-state index contributed by atoms with van der Waals surface area (Å²) in [5.41, 5.74) is -2.41. The lowest BCUT2D eigenvalue weighted by atomic mass is 10.2. The van der Waals surface area contributed by atoms with E-state index in [1.165, 1.54) is 28.8 Å². The van der Waals surface area contributed by atoms with Crippen molar-refractivity contribution in [1.29, 1.82) is 5.26 Å². The van der Waals surface area contributed by atoms with Gasteiger partial charge in [0.2, 0.25) is 0 Å². The van der Waals surface area contributed by atoms with Crippen LogP contribution < -0.4 is 15.0 Å². The molecule has 0 spiro atoms. The van der Waals surface area contributed by atoms with Crippen molar-refractivity contribution in [2.24, 2.45) is 0 Å². The molecule has 4 aromatic rings. The summed E-state index contributed by atoms with van der Waals surface area (Å²) in [5.74, 6) is 0.768. The first-order chi connectivity index (χ1) is 18.4. The molecule has 0 aliphatic heterocycles. The fourth-order valence-corrected chi connectivity index (χ4v) is 4.99. The number of pyridine rings is 1. The van der Waals surface area contributed by atoms with Crippen molar-refractivity contribution in [3.8, 4) is 23.2 Å². The Balaban J connectivity index is 1.83. The first-order valence-corrected chi connectivity index (χ1v) is 13.1. The highest BCUT2D eigenvalue weighted by Gasteiger charge is 2.35. The number of nitrogens with one attached hydrogen (secondary N) is 2. The van der Waals surface area contributed by atoms with Gasteiger partial charge in [0.15, 0.2) is 17.0 Å². The summed E-state index contributed by atoms with van der Waals surface area (Å²) in [6.07, 6.45) is -2.83. The van der Waals surface area contributed by atoms with Crippen LogP contribution in [-0.4, -0.2) is 39.6 Å². The Morgan fingerprint density at radius 3 is 2.62 bits per heavy atom. The SMILES string of the molecule is CCCc1nc(C)c2c(=O)[nH]c(-c3cc(S(=O)(=O)Nc4cnc(C#N)c(C(F)(F)F)c4)ccc3OCC)nn12. The van der Waals surface area contributed by atoms with Gasteiger partial charge >= 0.3 is 6.18 Å². The minimum Gasteiger partial charge on any atom is -0.493 e. The van der Waals surface area contributed by atoms with Crippen LogP contribution >= 0.6 is 0 Å². The fraction of sp³-hybridized carbons (Fsp3) is 0.292. The summed E-state index contributed by atoms with van der Waals surface area (Å²) in [6, 6.07) is 5.55. The third-order valence-corrected chi connectivity index (χ3v) is 6.96. The van der Waals surface area contributed by atoms with Crippen LogP contribution in [0.1, 0.15) is 43.0 Å². The van der Waals surface area contributed by atoms with Gasteiger partial charge in [0.1, 0.15) is 17.6 Å². The number of halogens is 3. The van der Waals surface area contributed by atoms with Crippen LogP contribution in [0.25, 0.3) is 16.9 Å². The molecule has 11 nitrogen and oxygen atoms in total. The van der Waals surface area contributed by atoms with E-state index in [9.17, 15) is 26.4 Å². The standard InChI is InChI=1S/C24H22F3N7O4S/c1-4-6-20-30-13(3)21-23(35)31-22(32-34(20)21)16-10-15(7-8-19(16)38-5-2)39(36,37)33-14-9-17(24(25,26)27)18(11-28)29-12-14/h7-10,12,33H,4-6H2,1-3H3,(H,31,32,35). The van der Waals surface area contributed by atoms with Crippen LogP contribution in [0.5, 0.6) is 5.75 Å². The van der Waals surface area contributed by atoms with Gasteiger partial charge in [-0.15, -0.1) is 5.10 Å². The maximum atomic E-state index is 13.3. The number of aryl methyl sites for hydroxylation is 2. The van der Waals surface area contributed by atoms with Gasteiger partial charge in [-0.05, 0) is 44.5 Å². The molecule has 1 aromatic carbocycles. The Hall–Kier alpha value is -4.45.